The Balaban J connectivity index is 1.92. The molecule has 0 aliphatic carbocycles. The lowest BCUT2D eigenvalue weighted by Gasteiger charge is -2.24. The van der Waals surface area contributed by atoms with Crippen molar-refractivity contribution < 1.29 is 14.2 Å². The largest absolute Gasteiger partial charge is 0.375 e. The minimum atomic E-state index is 0.0599. The van der Waals surface area contributed by atoms with E-state index in [1.807, 2.05) is 6.92 Å². The van der Waals surface area contributed by atoms with Crippen LogP contribution >= 0.6 is 0 Å². The van der Waals surface area contributed by atoms with Crippen LogP contribution in [-0.4, -0.2) is 37.6 Å². The molecule has 2 aliphatic heterocycles. The summed E-state index contributed by atoms with van der Waals surface area (Å²) in [6.07, 6.45) is 7.36. The molecule has 1 saturated heterocycles. The monoisotopic (exact) mass is 210 g/mol. The molecule has 0 radical (unpaired) electrons. The second kappa shape index (κ2) is 4.92. The van der Waals surface area contributed by atoms with Crippen molar-refractivity contribution >= 4 is 0 Å². The maximum atomic E-state index is 5.80. The van der Waals surface area contributed by atoms with Gasteiger partial charge in [0.2, 0.25) is 0 Å². The van der Waals surface area contributed by atoms with E-state index in [1.54, 1.807) is 6.08 Å². The van der Waals surface area contributed by atoms with E-state index in [-0.39, 0.29) is 24.4 Å². The molecule has 3 nitrogen and oxygen atoms in total. The molecule has 2 rings (SSSR count). The first-order valence-electron chi connectivity index (χ1n) is 5.53. The first kappa shape index (κ1) is 10.9. The third-order valence-electron chi connectivity index (χ3n) is 2.81. The van der Waals surface area contributed by atoms with E-state index in [4.69, 9.17) is 14.2 Å². The Bertz CT molecular complexity index is 249. The summed E-state index contributed by atoms with van der Waals surface area (Å²) in [5.74, 6) is 0. The van der Waals surface area contributed by atoms with Gasteiger partial charge in [-0.3, -0.25) is 0 Å². The Labute approximate surface area is 90.7 Å². The summed E-state index contributed by atoms with van der Waals surface area (Å²) in [5.41, 5.74) is 0. The topological polar surface area (TPSA) is 27.7 Å². The summed E-state index contributed by atoms with van der Waals surface area (Å²) < 4.78 is 17.0. The van der Waals surface area contributed by atoms with Crippen molar-refractivity contribution in [1.82, 2.24) is 0 Å². The molecule has 0 N–H and O–H groups in total. The average molecular weight is 210 g/mol. The Morgan fingerprint density at radius 2 is 2.33 bits per heavy atom. The molecule has 0 aromatic carbocycles. The fourth-order valence-electron chi connectivity index (χ4n) is 2.15. The molecule has 0 spiro atoms. The molecule has 3 heteroatoms. The van der Waals surface area contributed by atoms with Gasteiger partial charge < -0.3 is 14.2 Å². The quantitative estimate of drug-likeness (QED) is 0.646. The zero-order chi connectivity index (χ0) is 10.7. The van der Waals surface area contributed by atoms with Crippen LogP contribution in [0.2, 0.25) is 0 Å². The Hall–Kier alpha value is -0.640. The van der Waals surface area contributed by atoms with Crippen molar-refractivity contribution in [2.24, 2.45) is 0 Å². The maximum absolute atomic E-state index is 5.80. The minimum absolute atomic E-state index is 0.0599. The van der Waals surface area contributed by atoms with Gasteiger partial charge in [-0.25, -0.2) is 0 Å². The maximum Gasteiger partial charge on any atom is 0.102 e. The molecular weight excluding hydrogens is 192 g/mol. The van der Waals surface area contributed by atoms with E-state index in [2.05, 4.69) is 18.7 Å². The third-order valence-corrected chi connectivity index (χ3v) is 2.81. The van der Waals surface area contributed by atoms with Crippen molar-refractivity contribution in [2.45, 2.75) is 37.8 Å². The standard InChI is InChI=1S/C12H18O3/c1-3-7-14-9-5-6-10-11(13-4-2)8-12(9)15-10/h3,5-6,9-12H,1,4,7-8H2,2H3/t9-,10-,11-,12-/m1/s1. The first-order chi connectivity index (χ1) is 7.35. The van der Waals surface area contributed by atoms with Crippen LogP contribution in [0.1, 0.15) is 13.3 Å². The molecule has 2 bridgehead atoms. The molecule has 0 saturated carbocycles. The number of hydrogen-bond donors (Lipinski definition) is 0. The van der Waals surface area contributed by atoms with Crippen molar-refractivity contribution in [3.63, 3.8) is 0 Å². The average Bonchev–Trinajstić information content (AvgIpc) is 2.57. The summed E-state index contributed by atoms with van der Waals surface area (Å²) >= 11 is 0. The van der Waals surface area contributed by atoms with E-state index in [9.17, 15) is 0 Å². The minimum Gasteiger partial charge on any atom is -0.375 e. The summed E-state index contributed by atoms with van der Waals surface area (Å²) in [5, 5.41) is 0. The molecule has 0 aromatic heterocycles. The normalized spacial score (nSPS) is 38.2. The van der Waals surface area contributed by atoms with Gasteiger partial charge in [0, 0.05) is 13.0 Å². The second-order valence-corrected chi connectivity index (χ2v) is 3.84. The van der Waals surface area contributed by atoms with E-state index in [0.29, 0.717) is 6.61 Å². The van der Waals surface area contributed by atoms with E-state index >= 15 is 0 Å². The van der Waals surface area contributed by atoms with E-state index in [0.717, 1.165) is 13.0 Å². The van der Waals surface area contributed by atoms with Crippen LogP contribution in [0.5, 0.6) is 0 Å². The highest BCUT2D eigenvalue weighted by Crippen LogP contribution is 2.31. The van der Waals surface area contributed by atoms with Gasteiger partial charge in [-0.05, 0) is 6.92 Å². The Morgan fingerprint density at radius 1 is 1.47 bits per heavy atom. The van der Waals surface area contributed by atoms with Crippen molar-refractivity contribution in [1.29, 1.82) is 0 Å². The number of hydrogen-bond acceptors (Lipinski definition) is 3. The fourth-order valence-corrected chi connectivity index (χ4v) is 2.15. The lowest BCUT2D eigenvalue weighted by molar-refractivity contribution is -0.0506. The van der Waals surface area contributed by atoms with Crippen LogP contribution in [0.15, 0.2) is 24.8 Å². The van der Waals surface area contributed by atoms with Gasteiger partial charge in [-0.2, -0.15) is 0 Å². The van der Waals surface area contributed by atoms with Gasteiger partial charge in [0.05, 0.1) is 18.8 Å². The molecule has 4 atom stereocenters. The van der Waals surface area contributed by atoms with Gasteiger partial charge in [0.15, 0.2) is 0 Å². The van der Waals surface area contributed by atoms with Gasteiger partial charge in [-0.1, -0.05) is 18.2 Å². The molecular formula is C12H18O3. The van der Waals surface area contributed by atoms with Gasteiger partial charge >= 0.3 is 0 Å². The second-order valence-electron chi connectivity index (χ2n) is 3.84. The van der Waals surface area contributed by atoms with Crippen LogP contribution in [0.25, 0.3) is 0 Å². The van der Waals surface area contributed by atoms with Gasteiger partial charge in [0.25, 0.3) is 0 Å². The smallest absolute Gasteiger partial charge is 0.102 e. The molecule has 2 aliphatic rings. The van der Waals surface area contributed by atoms with Crippen molar-refractivity contribution in [2.75, 3.05) is 13.2 Å². The summed E-state index contributed by atoms with van der Waals surface area (Å²) in [6, 6.07) is 0. The fraction of sp³-hybridized carbons (Fsp3) is 0.667. The van der Waals surface area contributed by atoms with Crippen LogP contribution in [0.4, 0.5) is 0 Å². The highest BCUT2D eigenvalue weighted by Gasteiger charge is 2.41. The SMILES string of the molecule is C=CCO[C@@H]1C=C[C@H]2O[C@@H]1C[C@H]2OCC. The van der Waals surface area contributed by atoms with Gasteiger partial charge in [-0.15, -0.1) is 6.58 Å². The number of ether oxygens (including phenoxy) is 3. The molecule has 0 unspecified atom stereocenters. The molecule has 1 fully saturated rings. The first-order valence-corrected chi connectivity index (χ1v) is 5.53. The summed E-state index contributed by atoms with van der Waals surface area (Å²) in [7, 11) is 0. The third kappa shape index (κ3) is 2.30. The zero-order valence-electron chi connectivity index (χ0n) is 9.09. The van der Waals surface area contributed by atoms with E-state index in [1.165, 1.54) is 0 Å². The highest BCUT2D eigenvalue weighted by molar-refractivity contribution is 5.11. The molecule has 0 amide bonds. The Kier molecular flexibility index (Phi) is 3.57. The molecule has 15 heavy (non-hydrogen) atoms. The van der Waals surface area contributed by atoms with E-state index < -0.39 is 0 Å². The number of fused-ring (bicyclic) bond motifs is 2. The molecule has 0 aromatic rings. The summed E-state index contributed by atoms with van der Waals surface area (Å²) in [4.78, 5) is 0. The summed E-state index contributed by atoms with van der Waals surface area (Å²) in [6.45, 7) is 6.96. The van der Waals surface area contributed by atoms with Crippen LogP contribution < -0.4 is 0 Å². The lowest BCUT2D eigenvalue weighted by atomic mass is 10.1. The predicted octanol–water partition coefficient (Wildman–Crippen LogP) is 1.69. The molecule has 2 heterocycles. The zero-order valence-corrected chi connectivity index (χ0v) is 9.09. The lowest BCUT2D eigenvalue weighted by Crippen LogP contribution is -2.30. The van der Waals surface area contributed by atoms with Crippen molar-refractivity contribution in [3.8, 4) is 0 Å². The number of rotatable bonds is 5. The predicted molar refractivity (Wildman–Crippen MR) is 57.8 cm³/mol. The van der Waals surface area contributed by atoms with Crippen LogP contribution in [0.3, 0.4) is 0 Å². The van der Waals surface area contributed by atoms with Crippen molar-refractivity contribution in [3.05, 3.63) is 24.8 Å². The Morgan fingerprint density at radius 3 is 3.07 bits per heavy atom. The van der Waals surface area contributed by atoms with Crippen LogP contribution in [0, 0.1) is 0 Å². The van der Waals surface area contributed by atoms with Crippen LogP contribution in [-0.2, 0) is 14.2 Å². The van der Waals surface area contributed by atoms with Gasteiger partial charge in [0.1, 0.15) is 12.2 Å². The highest BCUT2D eigenvalue weighted by atomic mass is 16.6. The molecule has 84 valence electrons.